The van der Waals surface area contributed by atoms with Gasteiger partial charge in [-0.05, 0) is 50.2 Å². The normalized spacial score (nSPS) is 26.9. The summed E-state index contributed by atoms with van der Waals surface area (Å²) < 4.78 is 0. The van der Waals surface area contributed by atoms with Crippen molar-refractivity contribution in [1.29, 1.82) is 0 Å². The van der Waals surface area contributed by atoms with E-state index in [1.165, 1.54) is 6.07 Å². The van der Waals surface area contributed by atoms with Gasteiger partial charge in [0, 0.05) is 5.56 Å². The van der Waals surface area contributed by atoms with Crippen LogP contribution in [0.1, 0.15) is 46.9 Å². The lowest BCUT2D eigenvalue weighted by atomic mass is 9.81. The molecule has 0 spiro atoms. The van der Waals surface area contributed by atoms with Gasteiger partial charge in [0.2, 0.25) is 0 Å². The molecule has 3 aliphatic rings. The Morgan fingerprint density at radius 2 is 1.50 bits per heavy atom. The molecule has 2 aliphatic carbocycles. The maximum atomic E-state index is 13.7. The van der Waals surface area contributed by atoms with Crippen LogP contribution in [0.15, 0.2) is 54.6 Å². The SMILES string of the molecule is C[C@H](C(=O)c1ccccc1)N(C(=O)c1ccccc1Cl)N1C(=O)[C@@H]2[C@H]3CC[C@@H](C3)[C@H]2C1=O. The van der Waals surface area contributed by atoms with Crippen molar-refractivity contribution in [3.63, 3.8) is 0 Å². The molecule has 3 amide bonds. The maximum absolute atomic E-state index is 13.7. The van der Waals surface area contributed by atoms with Crippen molar-refractivity contribution in [2.75, 3.05) is 0 Å². The minimum atomic E-state index is -1.06. The standard InChI is InChI=1S/C25H23ClN2O4/c1-14(22(29)15-7-3-2-4-8-15)27(23(30)18-9-5-6-10-19(18)26)28-24(31)20-16-11-12-17(13-16)21(20)25(28)32/h2-10,14,16-17,20-21H,11-13H2,1H3/t14-,16+,17+,20-,21-/m1/s1. The predicted molar refractivity (Wildman–Crippen MR) is 118 cm³/mol. The Labute approximate surface area is 191 Å². The molecule has 5 rings (SSSR count). The van der Waals surface area contributed by atoms with Gasteiger partial charge < -0.3 is 0 Å². The second-order valence-corrected chi connectivity index (χ2v) is 9.32. The van der Waals surface area contributed by atoms with Crippen molar-refractivity contribution >= 4 is 35.1 Å². The summed E-state index contributed by atoms with van der Waals surface area (Å²) in [6, 6.07) is 13.9. The highest BCUT2D eigenvalue weighted by Crippen LogP contribution is 2.56. The number of hydrogen-bond acceptors (Lipinski definition) is 4. The average molecular weight is 451 g/mol. The minimum Gasteiger partial charge on any atom is -0.292 e. The fourth-order valence-electron chi connectivity index (χ4n) is 5.76. The number of carbonyl (C=O) groups is 4. The predicted octanol–water partition coefficient (Wildman–Crippen LogP) is 4.00. The highest BCUT2D eigenvalue weighted by atomic mass is 35.5. The second-order valence-electron chi connectivity index (χ2n) is 8.91. The number of ketones is 1. The number of nitrogens with zero attached hydrogens (tertiary/aromatic N) is 2. The fourth-order valence-corrected chi connectivity index (χ4v) is 5.97. The highest BCUT2D eigenvalue weighted by Gasteiger charge is 2.63. The van der Waals surface area contributed by atoms with E-state index in [2.05, 4.69) is 0 Å². The van der Waals surface area contributed by atoms with Gasteiger partial charge in [0.1, 0.15) is 6.04 Å². The van der Waals surface area contributed by atoms with Crippen molar-refractivity contribution in [2.24, 2.45) is 23.7 Å². The first-order chi connectivity index (χ1) is 15.4. The summed E-state index contributed by atoms with van der Waals surface area (Å²) >= 11 is 6.28. The average Bonchev–Trinajstić information content (AvgIpc) is 3.49. The molecule has 1 aliphatic heterocycles. The molecule has 0 radical (unpaired) electrons. The van der Waals surface area contributed by atoms with E-state index in [0.29, 0.717) is 5.56 Å². The van der Waals surface area contributed by atoms with Crippen LogP contribution in [0.2, 0.25) is 5.02 Å². The zero-order valence-corrected chi connectivity index (χ0v) is 18.4. The summed E-state index contributed by atoms with van der Waals surface area (Å²) in [4.78, 5) is 53.9. The van der Waals surface area contributed by atoms with E-state index < -0.39 is 23.8 Å². The van der Waals surface area contributed by atoms with Crippen molar-refractivity contribution in [1.82, 2.24) is 10.0 Å². The molecular formula is C25H23ClN2O4. The molecule has 0 N–H and O–H groups in total. The number of carbonyl (C=O) groups excluding carboxylic acids is 4. The van der Waals surface area contributed by atoms with E-state index in [0.717, 1.165) is 29.3 Å². The lowest BCUT2D eigenvalue weighted by Crippen LogP contribution is -2.57. The summed E-state index contributed by atoms with van der Waals surface area (Å²) in [7, 11) is 0. The quantitative estimate of drug-likeness (QED) is 0.509. The van der Waals surface area contributed by atoms with Gasteiger partial charge in [0.05, 0.1) is 22.4 Å². The Morgan fingerprint density at radius 1 is 0.938 bits per heavy atom. The lowest BCUT2D eigenvalue weighted by molar-refractivity contribution is -0.157. The van der Waals surface area contributed by atoms with Crippen LogP contribution >= 0.6 is 11.6 Å². The van der Waals surface area contributed by atoms with Crippen LogP contribution in [0.4, 0.5) is 0 Å². The molecule has 2 saturated carbocycles. The molecular weight excluding hydrogens is 428 g/mol. The Hall–Kier alpha value is -2.99. The van der Waals surface area contributed by atoms with Gasteiger partial charge in [-0.1, -0.05) is 54.1 Å². The second kappa shape index (κ2) is 7.85. The van der Waals surface area contributed by atoms with Gasteiger partial charge in [-0.3, -0.25) is 19.2 Å². The summed E-state index contributed by atoms with van der Waals surface area (Å²) in [6.07, 6.45) is 2.74. The van der Waals surface area contributed by atoms with E-state index in [-0.39, 0.29) is 40.0 Å². The van der Waals surface area contributed by atoms with Crippen molar-refractivity contribution < 1.29 is 19.2 Å². The van der Waals surface area contributed by atoms with Gasteiger partial charge in [0.25, 0.3) is 17.7 Å². The number of fused-ring (bicyclic) bond motifs is 5. The number of amides is 3. The molecule has 0 unspecified atom stereocenters. The lowest BCUT2D eigenvalue weighted by Gasteiger charge is -2.35. The number of halogens is 1. The molecule has 1 heterocycles. The maximum Gasteiger partial charge on any atom is 0.275 e. The summed E-state index contributed by atoms with van der Waals surface area (Å²) in [5.41, 5.74) is 0.541. The van der Waals surface area contributed by atoms with Crippen LogP contribution in [-0.4, -0.2) is 39.6 Å². The number of hydrogen-bond donors (Lipinski definition) is 0. The number of benzene rings is 2. The highest BCUT2D eigenvalue weighted by molar-refractivity contribution is 6.34. The Morgan fingerprint density at radius 3 is 2.09 bits per heavy atom. The molecule has 2 aromatic carbocycles. The van der Waals surface area contributed by atoms with E-state index >= 15 is 0 Å². The molecule has 164 valence electrons. The molecule has 6 nitrogen and oxygen atoms in total. The van der Waals surface area contributed by atoms with E-state index in [4.69, 9.17) is 11.6 Å². The topological polar surface area (TPSA) is 74.8 Å². The fraction of sp³-hybridized carbons (Fsp3) is 0.360. The summed E-state index contributed by atoms with van der Waals surface area (Å²) in [5, 5.41) is 2.19. The largest absolute Gasteiger partial charge is 0.292 e. The van der Waals surface area contributed by atoms with Crippen LogP contribution in [0.25, 0.3) is 0 Å². The van der Waals surface area contributed by atoms with Gasteiger partial charge >= 0.3 is 0 Å². The van der Waals surface area contributed by atoms with Crippen LogP contribution < -0.4 is 0 Å². The zero-order valence-electron chi connectivity index (χ0n) is 17.6. The number of rotatable bonds is 5. The van der Waals surface area contributed by atoms with Gasteiger partial charge in [0.15, 0.2) is 5.78 Å². The van der Waals surface area contributed by atoms with Crippen molar-refractivity contribution in [2.45, 2.75) is 32.2 Å². The summed E-state index contributed by atoms with van der Waals surface area (Å²) in [5.74, 6) is -2.20. The summed E-state index contributed by atoms with van der Waals surface area (Å²) in [6.45, 7) is 1.55. The van der Waals surface area contributed by atoms with Gasteiger partial charge in [-0.2, -0.15) is 5.01 Å². The van der Waals surface area contributed by atoms with Crippen LogP contribution in [0.5, 0.6) is 0 Å². The first-order valence-electron chi connectivity index (χ1n) is 10.9. The van der Waals surface area contributed by atoms with Crippen LogP contribution in [0.3, 0.4) is 0 Å². The van der Waals surface area contributed by atoms with Crippen molar-refractivity contribution in [3.8, 4) is 0 Å². The van der Waals surface area contributed by atoms with E-state index in [1.54, 1.807) is 55.5 Å². The molecule has 2 aromatic rings. The van der Waals surface area contributed by atoms with E-state index in [9.17, 15) is 19.2 Å². The third kappa shape index (κ3) is 3.08. The first kappa shape index (κ1) is 20.9. The first-order valence-corrected chi connectivity index (χ1v) is 11.3. The number of imide groups is 1. The molecule has 5 atom stereocenters. The monoisotopic (exact) mass is 450 g/mol. The Bertz CT molecular complexity index is 1090. The van der Waals surface area contributed by atoms with Crippen LogP contribution in [0, 0.1) is 23.7 Å². The van der Waals surface area contributed by atoms with Gasteiger partial charge in [-0.25, -0.2) is 5.01 Å². The molecule has 32 heavy (non-hydrogen) atoms. The third-order valence-electron chi connectivity index (χ3n) is 7.24. The molecule has 0 aromatic heterocycles. The smallest absolute Gasteiger partial charge is 0.275 e. The number of Topliss-reactive ketones (excluding diaryl/α,β-unsaturated/α-hetero) is 1. The van der Waals surface area contributed by atoms with Crippen LogP contribution in [-0.2, 0) is 9.59 Å². The molecule has 2 bridgehead atoms. The van der Waals surface area contributed by atoms with E-state index in [1.807, 2.05) is 0 Å². The molecule has 3 fully saturated rings. The Balaban J connectivity index is 1.56. The minimum absolute atomic E-state index is 0.141. The third-order valence-corrected chi connectivity index (χ3v) is 7.57. The zero-order chi connectivity index (χ0) is 22.6. The Kier molecular flexibility index (Phi) is 5.13. The molecule has 7 heteroatoms. The molecule has 1 saturated heterocycles. The van der Waals surface area contributed by atoms with Gasteiger partial charge in [-0.15, -0.1) is 0 Å². The number of hydrazine groups is 1. The van der Waals surface area contributed by atoms with Crippen molar-refractivity contribution in [3.05, 3.63) is 70.7 Å².